The highest BCUT2D eigenvalue weighted by molar-refractivity contribution is 6.22. The smallest absolute Gasteiger partial charge is 0.344 e. The van der Waals surface area contributed by atoms with E-state index < -0.39 is 5.92 Å². The first-order chi connectivity index (χ1) is 30.1. The molecule has 0 saturated carbocycles. The van der Waals surface area contributed by atoms with Crippen molar-refractivity contribution in [1.29, 1.82) is 0 Å². The van der Waals surface area contributed by atoms with Crippen LogP contribution in [0.2, 0.25) is 0 Å². The lowest BCUT2D eigenvalue weighted by Gasteiger charge is -2.40. The largest absolute Gasteiger partial charge is 0.452 e. The number of esters is 1. The van der Waals surface area contributed by atoms with E-state index >= 15 is 0 Å². The third-order valence-corrected chi connectivity index (χ3v) is 14.6. The molecule has 0 amide bonds. The molecule has 0 fully saturated rings. The molecule has 1 aliphatic heterocycles. The number of allylic oxidation sites excluding steroid dienone is 5. The van der Waals surface area contributed by atoms with Crippen molar-refractivity contribution in [3.8, 4) is 33.4 Å². The lowest BCUT2D eigenvalue weighted by Crippen LogP contribution is -2.32. The van der Waals surface area contributed by atoms with Gasteiger partial charge in [0.2, 0.25) is 0 Å². The number of carbonyl (C=O) groups is 1. The van der Waals surface area contributed by atoms with Crippen LogP contribution < -0.4 is 5.63 Å². The molecule has 1 aromatic heterocycles. The Morgan fingerprint density at radius 2 is 1.23 bits per heavy atom. The zero-order chi connectivity index (χ0) is 41.8. The molecule has 2 atom stereocenters. The molecule has 2 unspecified atom stereocenters. The summed E-state index contributed by atoms with van der Waals surface area (Å²) in [4.78, 5) is 26.8. The van der Waals surface area contributed by atoms with Crippen molar-refractivity contribution in [2.24, 2.45) is 5.92 Å². The number of fused-ring (bicyclic) bond motifs is 13. The van der Waals surface area contributed by atoms with E-state index in [1.807, 2.05) is 48.6 Å². The van der Waals surface area contributed by atoms with Crippen molar-refractivity contribution in [3.05, 3.63) is 207 Å². The van der Waals surface area contributed by atoms with E-state index in [0.717, 1.165) is 49.6 Å². The van der Waals surface area contributed by atoms with Gasteiger partial charge in [-0.05, 0) is 124 Å². The van der Waals surface area contributed by atoms with Crippen LogP contribution in [0.5, 0.6) is 0 Å². The molecule has 0 N–H and O–H groups in total. The van der Waals surface area contributed by atoms with Gasteiger partial charge in [0.05, 0.1) is 5.39 Å². The Balaban J connectivity index is 0.991. The van der Waals surface area contributed by atoms with E-state index in [1.165, 1.54) is 60.7 Å². The van der Waals surface area contributed by atoms with Crippen LogP contribution in [0.4, 0.5) is 0 Å². The van der Waals surface area contributed by atoms with Crippen molar-refractivity contribution in [3.63, 3.8) is 0 Å². The predicted octanol–water partition coefficient (Wildman–Crippen LogP) is 13.4. The monoisotopic (exact) mass is 800 g/mol. The van der Waals surface area contributed by atoms with Gasteiger partial charge in [-0.3, -0.25) is 4.79 Å². The SMILES string of the molecule is CC1(C)c2cc(-c3ccc4c(c3)c(=O)oc3ccccc34)ccc2-c2ccc3c(c21)C(C)(C)c1cccc2c(C4=CC5C(=O)OC6C=CC=CC6=C5C=C4)c4ccccc4c-3c12. The number of ether oxygens (including phenoxy) is 1. The van der Waals surface area contributed by atoms with Crippen molar-refractivity contribution >= 4 is 54.8 Å². The molecular weight excluding hydrogens is 761 g/mol. The Labute approximate surface area is 358 Å². The van der Waals surface area contributed by atoms with Gasteiger partial charge < -0.3 is 9.15 Å². The van der Waals surface area contributed by atoms with Gasteiger partial charge in [-0.2, -0.15) is 0 Å². The molecule has 0 saturated heterocycles. The average molecular weight is 801 g/mol. The van der Waals surface area contributed by atoms with E-state index in [9.17, 15) is 9.59 Å². The fraction of sp³-hybridized carbons (Fsp3) is 0.138. The van der Waals surface area contributed by atoms with Crippen LogP contribution in [0.3, 0.4) is 0 Å². The summed E-state index contributed by atoms with van der Waals surface area (Å²) in [6.07, 6.45) is 14.1. The van der Waals surface area contributed by atoms with Crippen LogP contribution in [0, 0.1) is 5.92 Å². The number of carbonyl (C=O) groups excluding carboxylic acids is 1. The molecule has 5 aliphatic rings. The maximum absolute atomic E-state index is 13.6. The number of hydrogen-bond donors (Lipinski definition) is 0. The predicted molar refractivity (Wildman–Crippen MR) is 251 cm³/mol. The fourth-order valence-corrected chi connectivity index (χ4v) is 11.8. The van der Waals surface area contributed by atoms with Gasteiger partial charge in [0, 0.05) is 21.8 Å². The molecule has 4 nitrogen and oxygen atoms in total. The summed E-state index contributed by atoms with van der Waals surface area (Å²) < 4.78 is 11.7. The minimum absolute atomic E-state index is 0.208. The average Bonchev–Trinajstić information content (AvgIpc) is 3.52. The highest BCUT2D eigenvalue weighted by atomic mass is 16.5. The Bertz CT molecular complexity index is 3650. The van der Waals surface area contributed by atoms with Crippen LogP contribution >= 0.6 is 0 Å². The van der Waals surface area contributed by atoms with Gasteiger partial charge in [0.25, 0.3) is 0 Å². The Morgan fingerprint density at radius 3 is 2.08 bits per heavy atom. The van der Waals surface area contributed by atoms with Gasteiger partial charge in [-0.1, -0.05) is 161 Å². The molecule has 4 heteroatoms. The van der Waals surface area contributed by atoms with E-state index in [4.69, 9.17) is 9.15 Å². The summed E-state index contributed by atoms with van der Waals surface area (Å²) in [5, 5.41) is 7.25. The fourth-order valence-electron chi connectivity index (χ4n) is 11.8. The molecule has 2 heterocycles. The van der Waals surface area contributed by atoms with E-state index in [-0.39, 0.29) is 28.5 Å². The maximum Gasteiger partial charge on any atom is 0.344 e. The minimum atomic E-state index is -0.465. The summed E-state index contributed by atoms with van der Waals surface area (Å²) in [5.74, 6) is -0.673. The van der Waals surface area contributed by atoms with Gasteiger partial charge in [-0.15, -0.1) is 0 Å². The van der Waals surface area contributed by atoms with E-state index in [1.54, 1.807) is 0 Å². The molecular formula is C58H40O4. The molecule has 13 rings (SSSR count). The summed E-state index contributed by atoms with van der Waals surface area (Å²) >= 11 is 0. The van der Waals surface area contributed by atoms with Gasteiger partial charge in [-0.25, -0.2) is 4.79 Å². The number of benzene rings is 7. The maximum atomic E-state index is 13.6. The second-order valence-corrected chi connectivity index (χ2v) is 18.5. The lowest BCUT2D eigenvalue weighted by atomic mass is 9.62. The first kappa shape index (κ1) is 35.5. The van der Waals surface area contributed by atoms with Crippen LogP contribution in [0.1, 0.15) is 55.5 Å². The third kappa shape index (κ3) is 4.56. The first-order valence-corrected chi connectivity index (χ1v) is 21.6. The topological polar surface area (TPSA) is 56.5 Å². The summed E-state index contributed by atoms with van der Waals surface area (Å²) in [6.45, 7) is 9.54. The van der Waals surface area contributed by atoms with Crippen molar-refractivity contribution in [2.45, 2.75) is 44.6 Å². The molecule has 8 aromatic rings. The van der Waals surface area contributed by atoms with E-state index in [0.29, 0.717) is 11.0 Å². The first-order valence-electron chi connectivity index (χ1n) is 21.6. The van der Waals surface area contributed by atoms with Gasteiger partial charge >= 0.3 is 11.6 Å². The highest BCUT2D eigenvalue weighted by Gasteiger charge is 2.45. The molecule has 0 radical (unpaired) electrons. The molecule has 4 aliphatic carbocycles. The Kier molecular flexibility index (Phi) is 6.96. The van der Waals surface area contributed by atoms with Crippen LogP contribution in [-0.4, -0.2) is 12.1 Å². The zero-order valence-corrected chi connectivity index (χ0v) is 34.8. The van der Waals surface area contributed by atoms with Gasteiger partial charge in [0.15, 0.2) is 0 Å². The van der Waals surface area contributed by atoms with E-state index in [2.05, 4.69) is 137 Å². The number of hydrogen-bond acceptors (Lipinski definition) is 4. The van der Waals surface area contributed by atoms with Crippen LogP contribution in [-0.2, 0) is 20.4 Å². The molecule has 0 bridgehead atoms. The number of rotatable bonds is 2. The minimum Gasteiger partial charge on any atom is -0.452 e. The second kappa shape index (κ2) is 12.2. The summed E-state index contributed by atoms with van der Waals surface area (Å²) in [6, 6.07) is 41.1. The molecule has 62 heavy (non-hydrogen) atoms. The van der Waals surface area contributed by atoms with Crippen molar-refractivity contribution in [2.75, 3.05) is 0 Å². The Morgan fingerprint density at radius 1 is 0.532 bits per heavy atom. The van der Waals surface area contributed by atoms with Crippen molar-refractivity contribution < 1.29 is 13.9 Å². The van der Waals surface area contributed by atoms with Crippen LogP contribution in [0.25, 0.3) is 82.2 Å². The third-order valence-electron chi connectivity index (χ3n) is 14.6. The second-order valence-electron chi connectivity index (χ2n) is 18.5. The summed E-state index contributed by atoms with van der Waals surface area (Å²) in [5.41, 5.74) is 16.3. The van der Waals surface area contributed by atoms with Crippen LogP contribution in [0.15, 0.2) is 178 Å². The normalized spacial score (nSPS) is 19.6. The zero-order valence-electron chi connectivity index (χ0n) is 34.8. The lowest BCUT2D eigenvalue weighted by molar-refractivity contribution is -0.148. The van der Waals surface area contributed by atoms with Crippen molar-refractivity contribution in [1.82, 2.24) is 0 Å². The Hall–Kier alpha value is -7.30. The standard InChI is InChI=1S/C58H40O4/c1-57(2)46-17-11-16-42-50(33-22-24-35-38-13-8-10-19-49(38)62-56(60)45(35)29-33)39-14-5-6-15-40(39)51(52(42)46)43-27-26-41-36-25-21-32(30-47(36)58(3,4)53(41)54(43)57)31-20-23-34-37-12-7-9-18-48(37)61-55(59)44(34)28-31/h5-30,45,49H,1-4H3. The number of para-hydroxylation sites is 1. The molecule has 296 valence electrons. The molecule has 7 aromatic carbocycles. The quantitative estimate of drug-likeness (QED) is 0.0756. The van der Waals surface area contributed by atoms with Gasteiger partial charge in [0.1, 0.15) is 17.6 Å². The highest BCUT2D eigenvalue weighted by Crippen LogP contribution is 2.60. The molecule has 0 spiro atoms. The summed E-state index contributed by atoms with van der Waals surface area (Å²) in [7, 11) is 0.